The normalized spacial score (nSPS) is 9.60. The predicted molar refractivity (Wildman–Crippen MR) is 58.7 cm³/mol. The topological polar surface area (TPSA) is 30.1 Å². The molecule has 0 atom stereocenters. The molecule has 2 rings (SSSR count). The molecule has 4 heteroatoms. The first kappa shape index (κ1) is 9.63. The van der Waals surface area contributed by atoms with Gasteiger partial charge in [-0.1, -0.05) is 29.8 Å². The van der Waals surface area contributed by atoms with Crippen LogP contribution in [0.4, 0.5) is 5.69 Å². The van der Waals surface area contributed by atoms with Crippen molar-refractivity contribution >= 4 is 17.3 Å². The van der Waals surface area contributed by atoms with E-state index in [4.69, 9.17) is 18.2 Å². The molecular formula is C11H6ClN3. The van der Waals surface area contributed by atoms with E-state index >= 15 is 0 Å². The summed E-state index contributed by atoms with van der Waals surface area (Å²) in [7, 11) is 0. The second kappa shape index (κ2) is 4.07. The van der Waals surface area contributed by atoms with Crippen molar-refractivity contribution < 1.29 is 0 Å². The van der Waals surface area contributed by atoms with Crippen LogP contribution < -0.4 is 0 Å². The first-order valence-corrected chi connectivity index (χ1v) is 4.64. The van der Waals surface area contributed by atoms with Crippen molar-refractivity contribution in [2.45, 2.75) is 0 Å². The van der Waals surface area contributed by atoms with E-state index in [1.165, 1.54) is 0 Å². The van der Waals surface area contributed by atoms with E-state index in [0.717, 1.165) is 5.56 Å². The van der Waals surface area contributed by atoms with E-state index in [0.29, 0.717) is 16.5 Å². The maximum absolute atomic E-state index is 6.90. The molecular weight excluding hydrogens is 210 g/mol. The summed E-state index contributed by atoms with van der Waals surface area (Å²) in [6, 6.07) is 10.7. The van der Waals surface area contributed by atoms with Crippen LogP contribution in [0.5, 0.6) is 0 Å². The predicted octanol–water partition coefficient (Wildman–Crippen LogP) is 3.35. The fourth-order valence-electron chi connectivity index (χ4n) is 1.20. The summed E-state index contributed by atoms with van der Waals surface area (Å²) in [5.74, 6) is 0. The monoisotopic (exact) mass is 215 g/mol. The molecule has 0 N–H and O–H groups in total. The quantitative estimate of drug-likeness (QED) is 0.683. The standard InChI is InChI=1S/C11H6ClN3/c1-13-9-4-2-3-8(7-9)10-5-6-11(12)15-14-10/h2-7H. The molecule has 0 aliphatic carbocycles. The molecule has 0 bridgehead atoms. The van der Waals surface area contributed by atoms with Crippen molar-refractivity contribution in [2.24, 2.45) is 0 Å². The second-order valence-corrected chi connectivity index (χ2v) is 3.29. The first-order valence-electron chi connectivity index (χ1n) is 4.27. The van der Waals surface area contributed by atoms with E-state index in [2.05, 4.69) is 15.0 Å². The Morgan fingerprint density at radius 1 is 1.13 bits per heavy atom. The summed E-state index contributed by atoms with van der Waals surface area (Å²) in [5.41, 5.74) is 2.17. The molecule has 1 heterocycles. The summed E-state index contributed by atoms with van der Waals surface area (Å²) >= 11 is 5.64. The van der Waals surface area contributed by atoms with E-state index in [1.807, 2.05) is 12.1 Å². The Labute approximate surface area is 92.2 Å². The average molecular weight is 216 g/mol. The maximum atomic E-state index is 6.90. The Hall–Kier alpha value is -1.92. The van der Waals surface area contributed by atoms with Gasteiger partial charge in [0.25, 0.3) is 0 Å². The molecule has 0 fully saturated rings. The summed E-state index contributed by atoms with van der Waals surface area (Å²) in [6.45, 7) is 6.90. The van der Waals surface area contributed by atoms with Crippen LogP contribution in [0.25, 0.3) is 16.1 Å². The first-order chi connectivity index (χ1) is 7.29. The van der Waals surface area contributed by atoms with Gasteiger partial charge in [-0.05, 0) is 23.8 Å². The van der Waals surface area contributed by atoms with Gasteiger partial charge < -0.3 is 0 Å². The van der Waals surface area contributed by atoms with Crippen molar-refractivity contribution in [1.29, 1.82) is 0 Å². The van der Waals surface area contributed by atoms with E-state index < -0.39 is 0 Å². The highest BCUT2D eigenvalue weighted by Crippen LogP contribution is 2.22. The van der Waals surface area contributed by atoms with E-state index in [9.17, 15) is 0 Å². The lowest BCUT2D eigenvalue weighted by molar-refractivity contribution is 1.04. The molecule has 0 radical (unpaired) electrons. The van der Waals surface area contributed by atoms with Crippen molar-refractivity contribution in [1.82, 2.24) is 10.2 Å². The third-order valence-electron chi connectivity index (χ3n) is 1.90. The number of aromatic nitrogens is 2. The Kier molecular flexibility index (Phi) is 2.61. The number of hydrogen-bond acceptors (Lipinski definition) is 2. The zero-order valence-corrected chi connectivity index (χ0v) is 8.44. The summed E-state index contributed by atoms with van der Waals surface area (Å²) in [4.78, 5) is 3.35. The van der Waals surface area contributed by atoms with E-state index in [1.54, 1.807) is 24.3 Å². The van der Waals surface area contributed by atoms with Crippen molar-refractivity contribution in [2.75, 3.05) is 0 Å². The van der Waals surface area contributed by atoms with Crippen LogP contribution in [-0.2, 0) is 0 Å². The van der Waals surface area contributed by atoms with Gasteiger partial charge in [0.15, 0.2) is 10.8 Å². The number of benzene rings is 1. The zero-order chi connectivity index (χ0) is 10.7. The van der Waals surface area contributed by atoms with Crippen LogP contribution in [0, 0.1) is 6.57 Å². The van der Waals surface area contributed by atoms with Gasteiger partial charge in [0.1, 0.15) is 0 Å². The maximum Gasteiger partial charge on any atom is 0.187 e. The highest BCUT2D eigenvalue weighted by Gasteiger charge is 2.00. The lowest BCUT2D eigenvalue weighted by Crippen LogP contribution is -1.86. The largest absolute Gasteiger partial charge is 0.238 e. The van der Waals surface area contributed by atoms with Gasteiger partial charge in [0.05, 0.1) is 12.3 Å². The highest BCUT2D eigenvalue weighted by atomic mass is 35.5. The zero-order valence-electron chi connectivity index (χ0n) is 7.68. The van der Waals surface area contributed by atoms with Crippen LogP contribution >= 0.6 is 11.6 Å². The van der Waals surface area contributed by atoms with Crippen molar-refractivity contribution in [3.05, 3.63) is 53.0 Å². The SMILES string of the molecule is [C-]#[N+]c1cccc(-c2ccc(Cl)nn2)c1. The Bertz CT molecular complexity index is 514. The van der Waals surface area contributed by atoms with Gasteiger partial charge in [0, 0.05) is 0 Å². The molecule has 15 heavy (non-hydrogen) atoms. The van der Waals surface area contributed by atoms with Gasteiger partial charge in [-0.25, -0.2) is 4.85 Å². The van der Waals surface area contributed by atoms with Crippen molar-refractivity contribution in [3.63, 3.8) is 0 Å². The molecule has 0 saturated carbocycles. The second-order valence-electron chi connectivity index (χ2n) is 2.90. The summed E-state index contributed by atoms with van der Waals surface area (Å²) in [5, 5.41) is 8.05. The van der Waals surface area contributed by atoms with Gasteiger partial charge >= 0.3 is 0 Å². The van der Waals surface area contributed by atoms with E-state index in [-0.39, 0.29) is 0 Å². The van der Waals surface area contributed by atoms with Crippen LogP contribution in [0.1, 0.15) is 0 Å². The summed E-state index contributed by atoms with van der Waals surface area (Å²) < 4.78 is 0. The van der Waals surface area contributed by atoms with Crippen LogP contribution in [0.3, 0.4) is 0 Å². The third-order valence-corrected chi connectivity index (χ3v) is 2.10. The Morgan fingerprint density at radius 2 is 2.00 bits per heavy atom. The van der Waals surface area contributed by atoms with Crippen LogP contribution in [0.2, 0.25) is 5.15 Å². The van der Waals surface area contributed by atoms with Crippen LogP contribution in [0.15, 0.2) is 36.4 Å². The molecule has 72 valence electrons. The summed E-state index contributed by atoms with van der Waals surface area (Å²) in [6.07, 6.45) is 0. The van der Waals surface area contributed by atoms with Crippen LogP contribution in [-0.4, -0.2) is 10.2 Å². The van der Waals surface area contributed by atoms with Gasteiger partial charge in [0.2, 0.25) is 0 Å². The highest BCUT2D eigenvalue weighted by molar-refractivity contribution is 6.29. The fourth-order valence-corrected chi connectivity index (χ4v) is 1.31. The average Bonchev–Trinajstić information content (AvgIpc) is 2.30. The Balaban J connectivity index is 2.46. The molecule has 0 spiro atoms. The van der Waals surface area contributed by atoms with Gasteiger partial charge in [-0.2, -0.15) is 0 Å². The van der Waals surface area contributed by atoms with Crippen molar-refractivity contribution in [3.8, 4) is 11.3 Å². The minimum absolute atomic E-state index is 0.361. The smallest absolute Gasteiger partial charge is 0.187 e. The molecule has 0 aliphatic heterocycles. The number of nitrogens with zero attached hydrogens (tertiary/aromatic N) is 3. The molecule has 0 amide bonds. The minimum atomic E-state index is 0.361. The van der Waals surface area contributed by atoms with Gasteiger partial charge in [-0.15, -0.1) is 10.2 Å². The molecule has 1 aromatic carbocycles. The molecule has 0 unspecified atom stereocenters. The number of hydrogen-bond donors (Lipinski definition) is 0. The molecule has 1 aromatic heterocycles. The lowest BCUT2D eigenvalue weighted by atomic mass is 10.1. The fraction of sp³-hybridized carbons (Fsp3) is 0. The molecule has 3 nitrogen and oxygen atoms in total. The van der Waals surface area contributed by atoms with Gasteiger partial charge in [-0.3, -0.25) is 0 Å². The molecule has 2 aromatic rings. The number of halogens is 1. The Morgan fingerprint density at radius 3 is 2.67 bits per heavy atom. The molecule has 0 saturated heterocycles. The third kappa shape index (κ3) is 2.12. The lowest BCUT2D eigenvalue weighted by Gasteiger charge is -1.99. The number of rotatable bonds is 1. The minimum Gasteiger partial charge on any atom is -0.238 e. The molecule has 0 aliphatic rings.